The monoisotopic (exact) mass is 421 g/mol. The molecule has 3 nitrogen and oxygen atoms in total. The Balaban J connectivity index is 1.49. The minimum Gasteiger partial charge on any atom is -0.459 e. The summed E-state index contributed by atoms with van der Waals surface area (Å²) in [4.78, 5) is 14.7. The fraction of sp³-hybridized carbons (Fsp3) is 0.316. The van der Waals surface area contributed by atoms with E-state index in [1.54, 1.807) is 0 Å². The van der Waals surface area contributed by atoms with Crippen LogP contribution in [0.3, 0.4) is 0 Å². The van der Waals surface area contributed by atoms with Crippen LogP contribution in [0.5, 0.6) is 0 Å². The second-order valence-electron chi connectivity index (χ2n) is 5.85. The van der Waals surface area contributed by atoms with Gasteiger partial charge < -0.3 is 4.74 Å². The highest BCUT2D eigenvalue weighted by molar-refractivity contribution is 14.1. The van der Waals surface area contributed by atoms with Gasteiger partial charge in [-0.25, -0.2) is 4.79 Å². The first-order valence-electron chi connectivity index (χ1n) is 7.94. The van der Waals surface area contributed by atoms with Crippen molar-refractivity contribution in [3.05, 3.63) is 69.3 Å². The summed E-state index contributed by atoms with van der Waals surface area (Å²) < 4.78 is 6.63. The van der Waals surface area contributed by atoms with Crippen LogP contribution in [0.2, 0.25) is 0 Å². The lowest BCUT2D eigenvalue weighted by Crippen LogP contribution is -2.37. The fourth-order valence-electron chi connectivity index (χ4n) is 2.87. The molecule has 0 aromatic heterocycles. The number of hydrogen-bond acceptors (Lipinski definition) is 3. The lowest BCUT2D eigenvalue weighted by molar-refractivity contribution is 0.0103. The van der Waals surface area contributed by atoms with Crippen LogP contribution in [0.25, 0.3) is 0 Å². The molecule has 0 bridgehead atoms. The summed E-state index contributed by atoms with van der Waals surface area (Å²) in [6.07, 6.45) is 1.84. The Labute approximate surface area is 150 Å². The number of piperidine rings is 1. The van der Waals surface area contributed by atoms with Crippen LogP contribution in [-0.4, -0.2) is 30.1 Å². The number of ether oxygens (including phenoxy) is 1. The zero-order valence-electron chi connectivity index (χ0n) is 13.0. The van der Waals surface area contributed by atoms with E-state index >= 15 is 0 Å². The topological polar surface area (TPSA) is 29.5 Å². The van der Waals surface area contributed by atoms with E-state index in [4.69, 9.17) is 4.74 Å². The van der Waals surface area contributed by atoms with Crippen molar-refractivity contribution in [2.24, 2.45) is 0 Å². The largest absolute Gasteiger partial charge is 0.459 e. The highest BCUT2D eigenvalue weighted by atomic mass is 127. The first-order valence-corrected chi connectivity index (χ1v) is 9.02. The van der Waals surface area contributed by atoms with E-state index in [-0.39, 0.29) is 12.1 Å². The van der Waals surface area contributed by atoms with Gasteiger partial charge in [-0.2, -0.15) is 0 Å². The molecule has 0 aliphatic carbocycles. The zero-order chi connectivity index (χ0) is 16.1. The average Bonchev–Trinajstić information content (AvgIpc) is 2.58. The molecule has 0 atom stereocenters. The number of benzene rings is 2. The summed E-state index contributed by atoms with van der Waals surface area (Å²) in [6.45, 7) is 2.91. The predicted molar refractivity (Wildman–Crippen MR) is 99.3 cm³/mol. The second kappa shape index (κ2) is 7.93. The van der Waals surface area contributed by atoms with Crippen molar-refractivity contribution in [2.75, 3.05) is 13.1 Å². The number of esters is 1. The number of hydrogen-bond donors (Lipinski definition) is 0. The lowest BCUT2D eigenvalue weighted by atomic mass is 10.1. The van der Waals surface area contributed by atoms with Crippen molar-refractivity contribution in [2.45, 2.75) is 25.5 Å². The van der Waals surface area contributed by atoms with Crippen LogP contribution in [0.1, 0.15) is 28.8 Å². The maximum Gasteiger partial charge on any atom is 0.339 e. The normalized spacial score (nSPS) is 16.2. The van der Waals surface area contributed by atoms with Gasteiger partial charge >= 0.3 is 5.97 Å². The van der Waals surface area contributed by atoms with Gasteiger partial charge in [-0.3, -0.25) is 4.90 Å². The fourth-order valence-corrected chi connectivity index (χ4v) is 3.48. The van der Waals surface area contributed by atoms with Crippen LogP contribution >= 0.6 is 22.6 Å². The maximum atomic E-state index is 12.3. The van der Waals surface area contributed by atoms with Gasteiger partial charge in [0.05, 0.1) is 5.56 Å². The Bertz CT molecular complexity index is 651. The molecule has 3 rings (SSSR count). The number of carbonyl (C=O) groups excluding carboxylic acids is 1. The molecule has 0 N–H and O–H groups in total. The van der Waals surface area contributed by atoms with Crippen LogP contribution in [0.4, 0.5) is 0 Å². The van der Waals surface area contributed by atoms with E-state index in [0.717, 1.165) is 36.0 Å². The molecule has 0 unspecified atom stereocenters. The molecule has 4 heteroatoms. The van der Waals surface area contributed by atoms with Crippen molar-refractivity contribution in [3.8, 4) is 0 Å². The molecule has 1 aliphatic rings. The number of rotatable bonds is 4. The Kier molecular flexibility index (Phi) is 5.67. The van der Waals surface area contributed by atoms with Gasteiger partial charge in [0.15, 0.2) is 0 Å². The molecule has 1 fully saturated rings. The Hall–Kier alpha value is -1.40. The van der Waals surface area contributed by atoms with E-state index < -0.39 is 0 Å². The molecule has 0 amide bonds. The molecule has 2 aromatic rings. The minimum atomic E-state index is -0.198. The highest BCUT2D eigenvalue weighted by Gasteiger charge is 2.23. The zero-order valence-corrected chi connectivity index (χ0v) is 15.1. The number of carbonyl (C=O) groups is 1. The maximum absolute atomic E-state index is 12.3. The van der Waals surface area contributed by atoms with Crippen molar-refractivity contribution < 1.29 is 9.53 Å². The van der Waals surface area contributed by atoms with Gasteiger partial charge in [0.2, 0.25) is 0 Å². The van der Waals surface area contributed by atoms with Crippen LogP contribution in [0, 0.1) is 3.57 Å². The highest BCUT2D eigenvalue weighted by Crippen LogP contribution is 2.19. The first kappa shape index (κ1) is 16.5. The summed E-state index contributed by atoms with van der Waals surface area (Å²) in [7, 11) is 0. The van der Waals surface area contributed by atoms with Crippen LogP contribution < -0.4 is 0 Å². The second-order valence-corrected chi connectivity index (χ2v) is 7.01. The predicted octanol–water partition coefficient (Wildman–Crippen LogP) is 4.11. The van der Waals surface area contributed by atoms with Crippen molar-refractivity contribution in [1.29, 1.82) is 0 Å². The van der Waals surface area contributed by atoms with Crippen molar-refractivity contribution >= 4 is 28.6 Å². The number of halogens is 1. The Morgan fingerprint density at radius 2 is 1.70 bits per heavy atom. The summed E-state index contributed by atoms with van der Waals surface area (Å²) in [5.74, 6) is -0.198. The van der Waals surface area contributed by atoms with Gasteiger partial charge in [-0.05, 0) is 53.1 Å². The van der Waals surface area contributed by atoms with Gasteiger partial charge in [0.25, 0.3) is 0 Å². The van der Waals surface area contributed by atoms with Gasteiger partial charge in [0.1, 0.15) is 6.10 Å². The Morgan fingerprint density at radius 3 is 2.39 bits per heavy atom. The van der Waals surface area contributed by atoms with Crippen molar-refractivity contribution in [1.82, 2.24) is 4.90 Å². The quantitative estimate of drug-likeness (QED) is 0.550. The van der Waals surface area contributed by atoms with Gasteiger partial charge in [-0.15, -0.1) is 0 Å². The molecular weight excluding hydrogens is 401 g/mol. The lowest BCUT2D eigenvalue weighted by Gasteiger charge is -2.31. The Morgan fingerprint density at radius 1 is 1.04 bits per heavy atom. The number of likely N-dealkylation sites (tertiary alicyclic amines) is 1. The van der Waals surface area contributed by atoms with E-state index in [1.807, 2.05) is 30.3 Å². The van der Waals surface area contributed by atoms with Crippen molar-refractivity contribution in [3.63, 3.8) is 0 Å². The molecule has 1 aliphatic heterocycles. The summed E-state index contributed by atoms with van der Waals surface area (Å²) in [5, 5.41) is 0. The van der Waals surface area contributed by atoms with Crippen LogP contribution in [0.15, 0.2) is 54.6 Å². The average molecular weight is 421 g/mol. The first-order chi connectivity index (χ1) is 11.2. The smallest absolute Gasteiger partial charge is 0.339 e. The summed E-state index contributed by atoms with van der Waals surface area (Å²) >= 11 is 2.18. The van der Waals surface area contributed by atoms with E-state index in [9.17, 15) is 4.79 Å². The molecule has 1 saturated heterocycles. The minimum absolute atomic E-state index is 0.0329. The molecule has 1 heterocycles. The SMILES string of the molecule is O=C(OC1CCN(Cc2ccccc2)CC1)c1ccccc1I. The third kappa shape index (κ3) is 4.54. The third-order valence-corrected chi connectivity index (χ3v) is 5.09. The van der Waals surface area contributed by atoms with E-state index in [2.05, 4.69) is 51.8 Å². The number of nitrogens with zero attached hydrogens (tertiary/aromatic N) is 1. The molecule has 120 valence electrons. The standard InChI is InChI=1S/C19H20INO2/c20-18-9-5-4-8-17(18)19(22)23-16-10-12-21(13-11-16)14-15-6-2-1-3-7-15/h1-9,16H,10-14H2. The molecule has 0 spiro atoms. The molecule has 2 aromatic carbocycles. The third-order valence-electron chi connectivity index (χ3n) is 4.15. The molecular formula is C19H20INO2. The molecule has 23 heavy (non-hydrogen) atoms. The molecule has 0 saturated carbocycles. The van der Waals surface area contributed by atoms with Gasteiger partial charge in [0, 0.05) is 23.2 Å². The van der Waals surface area contributed by atoms with E-state index in [0.29, 0.717) is 5.56 Å². The summed E-state index contributed by atoms with van der Waals surface area (Å²) in [5.41, 5.74) is 2.00. The molecule has 0 radical (unpaired) electrons. The van der Waals surface area contributed by atoms with Crippen LogP contribution in [-0.2, 0) is 11.3 Å². The van der Waals surface area contributed by atoms with Gasteiger partial charge in [-0.1, -0.05) is 42.5 Å². The summed E-state index contributed by atoms with van der Waals surface area (Å²) in [6, 6.07) is 18.1. The van der Waals surface area contributed by atoms with E-state index in [1.165, 1.54) is 5.56 Å².